The number of urea groups is 1. The fourth-order valence-corrected chi connectivity index (χ4v) is 3.22. The molecule has 1 aliphatic rings. The first-order chi connectivity index (χ1) is 12.4. The summed E-state index contributed by atoms with van der Waals surface area (Å²) in [5.41, 5.74) is 1.82. The standard InChI is InChI=1S/C18H23N5O3/c1-11-7-8-19-15(9-11)23-16(10-12(2)22-23)21-18(26)20-14-5-3-13(4-6-14)17(24)25/h7-10,13-14H,3-6H2,1-2H3,(H,24,25)(H2,20,21,26). The average molecular weight is 357 g/mol. The van der Waals surface area contributed by atoms with Gasteiger partial charge >= 0.3 is 12.0 Å². The topological polar surface area (TPSA) is 109 Å². The maximum Gasteiger partial charge on any atom is 0.320 e. The summed E-state index contributed by atoms with van der Waals surface area (Å²) in [4.78, 5) is 27.7. The molecule has 8 nitrogen and oxygen atoms in total. The first-order valence-electron chi connectivity index (χ1n) is 8.72. The first-order valence-corrected chi connectivity index (χ1v) is 8.72. The fraction of sp³-hybridized carbons (Fsp3) is 0.444. The Labute approximate surface area is 151 Å². The summed E-state index contributed by atoms with van der Waals surface area (Å²) in [5, 5.41) is 19.2. The van der Waals surface area contributed by atoms with Crippen LogP contribution in [0.3, 0.4) is 0 Å². The normalized spacial score (nSPS) is 19.8. The monoisotopic (exact) mass is 357 g/mol. The van der Waals surface area contributed by atoms with E-state index in [0.29, 0.717) is 37.3 Å². The highest BCUT2D eigenvalue weighted by molar-refractivity contribution is 5.89. The molecule has 0 saturated heterocycles. The SMILES string of the molecule is Cc1ccnc(-n2nc(C)cc2NC(=O)NC2CCC(C(=O)O)CC2)c1. The Morgan fingerprint density at radius 1 is 1.19 bits per heavy atom. The van der Waals surface area contributed by atoms with Crippen LogP contribution in [0.2, 0.25) is 0 Å². The summed E-state index contributed by atoms with van der Waals surface area (Å²) in [7, 11) is 0. The van der Waals surface area contributed by atoms with Crippen LogP contribution in [0.25, 0.3) is 5.82 Å². The zero-order valence-electron chi connectivity index (χ0n) is 14.9. The minimum Gasteiger partial charge on any atom is -0.481 e. The number of carbonyl (C=O) groups excluding carboxylic acids is 1. The van der Waals surface area contributed by atoms with Crippen molar-refractivity contribution in [1.29, 1.82) is 0 Å². The molecule has 1 fully saturated rings. The van der Waals surface area contributed by atoms with E-state index in [0.717, 1.165) is 11.3 Å². The number of nitrogens with zero attached hydrogens (tertiary/aromatic N) is 3. The number of aryl methyl sites for hydroxylation is 2. The van der Waals surface area contributed by atoms with Gasteiger partial charge in [0.05, 0.1) is 11.6 Å². The lowest BCUT2D eigenvalue weighted by atomic mass is 9.86. The molecule has 2 heterocycles. The number of hydrogen-bond donors (Lipinski definition) is 3. The molecule has 138 valence electrons. The van der Waals surface area contributed by atoms with E-state index in [1.807, 2.05) is 26.0 Å². The number of amides is 2. The van der Waals surface area contributed by atoms with Gasteiger partial charge in [-0.25, -0.2) is 9.78 Å². The molecule has 0 unspecified atom stereocenters. The number of rotatable bonds is 4. The van der Waals surface area contributed by atoms with Crippen molar-refractivity contribution in [3.05, 3.63) is 35.7 Å². The lowest BCUT2D eigenvalue weighted by Gasteiger charge is -2.26. The van der Waals surface area contributed by atoms with E-state index in [1.54, 1.807) is 16.9 Å². The van der Waals surface area contributed by atoms with Crippen LogP contribution in [0.5, 0.6) is 0 Å². The number of carboxylic acids is 1. The first kappa shape index (κ1) is 17.9. The molecular weight excluding hydrogens is 334 g/mol. The second-order valence-corrected chi connectivity index (χ2v) is 6.76. The Kier molecular flexibility index (Phi) is 5.20. The van der Waals surface area contributed by atoms with Crippen molar-refractivity contribution in [3.8, 4) is 5.82 Å². The number of aliphatic carboxylic acids is 1. The molecule has 0 spiro atoms. The minimum absolute atomic E-state index is 0.0137. The van der Waals surface area contributed by atoms with Gasteiger partial charge in [-0.1, -0.05) is 0 Å². The highest BCUT2D eigenvalue weighted by Gasteiger charge is 2.26. The highest BCUT2D eigenvalue weighted by Crippen LogP contribution is 2.24. The maximum absolute atomic E-state index is 12.4. The van der Waals surface area contributed by atoms with Gasteiger partial charge < -0.3 is 10.4 Å². The molecule has 0 atom stereocenters. The van der Waals surface area contributed by atoms with E-state index >= 15 is 0 Å². The molecule has 1 aliphatic carbocycles. The van der Waals surface area contributed by atoms with Crippen molar-refractivity contribution in [1.82, 2.24) is 20.1 Å². The van der Waals surface area contributed by atoms with Crippen LogP contribution < -0.4 is 10.6 Å². The van der Waals surface area contributed by atoms with Crippen molar-refractivity contribution in [2.45, 2.75) is 45.6 Å². The largest absolute Gasteiger partial charge is 0.481 e. The summed E-state index contributed by atoms with van der Waals surface area (Å²) in [6, 6.07) is 5.23. The molecule has 2 aromatic rings. The third-order valence-electron chi connectivity index (χ3n) is 4.60. The van der Waals surface area contributed by atoms with Crippen LogP contribution in [0.15, 0.2) is 24.4 Å². The lowest BCUT2D eigenvalue weighted by molar-refractivity contribution is -0.142. The van der Waals surface area contributed by atoms with E-state index in [1.165, 1.54) is 0 Å². The number of anilines is 1. The van der Waals surface area contributed by atoms with Gasteiger partial charge in [0.15, 0.2) is 5.82 Å². The quantitative estimate of drug-likeness (QED) is 0.779. The van der Waals surface area contributed by atoms with Crippen molar-refractivity contribution in [2.75, 3.05) is 5.32 Å². The van der Waals surface area contributed by atoms with Crippen LogP contribution in [-0.4, -0.2) is 37.9 Å². The number of carbonyl (C=O) groups is 2. The van der Waals surface area contributed by atoms with Crippen molar-refractivity contribution >= 4 is 17.8 Å². The van der Waals surface area contributed by atoms with Gasteiger partial charge in [-0.15, -0.1) is 0 Å². The molecule has 1 saturated carbocycles. The molecule has 0 aliphatic heterocycles. The molecule has 0 aromatic carbocycles. The van der Waals surface area contributed by atoms with E-state index < -0.39 is 5.97 Å². The number of hydrogen-bond acceptors (Lipinski definition) is 4. The summed E-state index contributed by atoms with van der Waals surface area (Å²) in [5.74, 6) is 0.123. The summed E-state index contributed by atoms with van der Waals surface area (Å²) < 4.78 is 1.60. The second kappa shape index (κ2) is 7.55. The molecule has 2 amide bonds. The predicted octanol–water partition coefficient (Wildman–Crippen LogP) is 2.65. The van der Waals surface area contributed by atoms with Crippen LogP contribution in [0.4, 0.5) is 10.6 Å². The molecular formula is C18H23N5O3. The van der Waals surface area contributed by atoms with E-state index in [9.17, 15) is 9.59 Å². The fourth-order valence-electron chi connectivity index (χ4n) is 3.22. The lowest BCUT2D eigenvalue weighted by Crippen LogP contribution is -2.41. The number of carboxylic acid groups (broad SMARTS) is 1. The Morgan fingerprint density at radius 2 is 1.92 bits per heavy atom. The van der Waals surface area contributed by atoms with E-state index in [4.69, 9.17) is 5.11 Å². The summed E-state index contributed by atoms with van der Waals surface area (Å²) in [6.07, 6.45) is 4.21. The van der Waals surface area contributed by atoms with Gasteiger partial charge in [0.2, 0.25) is 0 Å². The van der Waals surface area contributed by atoms with Crippen LogP contribution in [-0.2, 0) is 4.79 Å². The van der Waals surface area contributed by atoms with Crippen LogP contribution >= 0.6 is 0 Å². The number of pyridine rings is 1. The summed E-state index contributed by atoms with van der Waals surface area (Å²) >= 11 is 0. The van der Waals surface area contributed by atoms with Crippen molar-refractivity contribution in [3.63, 3.8) is 0 Å². The zero-order valence-corrected chi connectivity index (χ0v) is 14.9. The maximum atomic E-state index is 12.4. The van der Waals surface area contributed by atoms with Crippen LogP contribution in [0, 0.1) is 19.8 Å². The third kappa shape index (κ3) is 4.19. The summed E-state index contributed by atoms with van der Waals surface area (Å²) in [6.45, 7) is 3.82. The van der Waals surface area contributed by atoms with Gasteiger partial charge in [-0.3, -0.25) is 10.1 Å². The van der Waals surface area contributed by atoms with E-state index in [2.05, 4.69) is 20.7 Å². The molecule has 0 bridgehead atoms. The van der Waals surface area contributed by atoms with Gasteiger partial charge in [0.1, 0.15) is 5.82 Å². The Morgan fingerprint density at radius 3 is 2.58 bits per heavy atom. The van der Waals surface area contributed by atoms with Gasteiger partial charge in [-0.05, 0) is 57.2 Å². The highest BCUT2D eigenvalue weighted by atomic mass is 16.4. The Bertz CT molecular complexity index is 809. The molecule has 0 radical (unpaired) electrons. The predicted molar refractivity (Wildman–Crippen MR) is 96.4 cm³/mol. The number of aromatic nitrogens is 3. The van der Waals surface area contributed by atoms with Gasteiger partial charge in [0.25, 0.3) is 0 Å². The van der Waals surface area contributed by atoms with Crippen LogP contribution in [0.1, 0.15) is 36.9 Å². The van der Waals surface area contributed by atoms with E-state index in [-0.39, 0.29) is 18.0 Å². The molecule has 8 heteroatoms. The third-order valence-corrected chi connectivity index (χ3v) is 4.60. The number of nitrogens with one attached hydrogen (secondary N) is 2. The second-order valence-electron chi connectivity index (χ2n) is 6.76. The zero-order chi connectivity index (χ0) is 18.7. The smallest absolute Gasteiger partial charge is 0.320 e. The molecule has 2 aromatic heterocycles. The van der Waals surface area contributed by atoms with Gasteiger partial charge in [-0.2, -0.15) is 9.78 Å². The van der Waals surface area contributed by atoms with Crippen molar-refractivity contribution in [2.24, 2.45) is 5.92 Å². The molecule has 3 N–H and O–H groups in total. The minimum atomic E-state index is -0.752. The van der Waals surface area contributed by atoms with Crippen molar-refractivity contribution < 1.29 is 14.7 Å². The Balaban J connectivity index is 1.64. The Hall–Kier alpha value is -2.90. The average Bonchev–Trinajstić information content (AvgIpc) is 2.95. The van der Waals surface area contributed by atoms with Gasteiger partial charge in [0, 0.05) is 18.3 Å². The molecule has 3 rings (SSSR count). The molecule has 26 heavy (non-hydrogen) atoms.